The quantitative estimate of drug-likeness (QED) is 0.896. The van der Waals surface area contributed by atoms with Gasteiger partial charge in [-0.25, -0.2) is 4.98 Å². The van der Waals surface area contributed by atoms with E-state index in [-0.39, 0.29) is 18.8 Å². The summed E-state index contributed by atoms with van der Waals surface area (Å²) in [6.45, 7) is 5.79. The van der Waals surface area contributed by atoms with Gasteiger partial charge in [-0.2, -0.15) is 0 Å². The molecule has 1 aliphatic heterocycles. The van der Waals surface area contributed by atoms with Gasteiger partial charge < -0.3 is 14.7 Å². The summed E-state index contributed by atoms with van der Waals surface area (Å²) < 4.78 is 7.69. The highest BCUT2D eigenvalue weighted by Gasteiger charge is 2.26. The molecule has 0 saturated carbocycles. The summed E-state index contributed by atoms with van der Waals surface area (Å²) in [5.41, 5.74) is 0.868. The lowest BCUT2D eigenvalue weighted by atomic mass is 10.2. The highest BCUT2D eigenvalue weighted by molar-refractivity contribution is 7.15. The van der Waals surface area contributed by atoms with Gasteiger partial charge in [0.1, 0.15) is 0 Å². The van der Waals surface area contributed by atoms with Crippen LogP contribution in [0.3, 0.4) is 0 Å². The van der Waals surface area contributed by atoms with Gasteiger partial charge in [-0.1, -0.05) is 0 Å². The lowest BCUT2D eigenvalue weighted by Crippen LogP contribution is -2.46. The molecule has 2 aromatic heterocycles. The van der Waals surface area contributed by atoms with Crippen molar-refractivity contribution >= 4 is 22.1 Å². The van der Waals surface area contributed by atoms with Gasteiger partial charge >= 0.3 is 0 Å². The molecule has 1 fully saturated rings. The fraction of sp³-hybridized carbons (Fsp3) is 0.583. The third kappa shape index (κ3) is 1.90. The minimum absolute atomic E-state index is 0.00729. The van der Waals surface area contributed by atoms with Crippen molar-refractivity contribution in [2.75, 3.05) is 18.0 Å². The maximum Gasteiger partial charge on any atom is 0.195 e. The van der Waals surface area contributed by atoms with E-state index in [0.29, 0.717) is 0 Å². The van der Waals surface area contributed by atoms with E-state index in [1.165, 1.54) is 0 Å². The fourth-order valence-corrected chi connectivity index (χ4v) is 3.30. The van der Waals surface area contributed by atoms with Crippen molar-refractivity contribution in [3.05, 3.63) is 17.3 Å². The van der Waals surface area contributed by atoms with Crippen LogP contribution in [0.25, 0.3) is 4.96 Å². The van der Waals surface area contributed by atoms with Gasteiger partial charge in [-0.3, -0.25) is 4.40 Å². The fourth-order valence-electron chi connectivity index (χ4n) is 2.57. The van der Waals surface area contributed by atoms with E-state index < -0.39 is 0 Å². The number of fused-ring (bicyclic) bond motifs is 1. The largest absolute Gasteiger partial charge is 0.390 e. The Morgan fingerprint density at radius 2 is 2.17 bits per heavy atom. The van der Waals surface area contributed by atoms with Gasteiger partial charge in [0.05, 0.1) is 24.5 Å². The van der Waals surface area contributed by atoms with Crippen molar-refractivity contribution in [3.63, 3.8) is 0 Å². The maximum atomic E-state index is 9.57. The molecule has 0 bridgehead atoms. The van der Waals surface area contributed by atoms with Crippen LogP contribution in [-0.2, 0) is 11.3 Å². The monoisotopic (exact) mass is 267 g/mol. The van der Waals surface area contributed by atoms with Crippen molar-refractivity contribution < 1.29 is 9.84 Å². The molecular formula is C12H17N3O2S. The smallest absolute Gasteiger partial charge is 0.195 e. The Balaban J connectivity index is 1.99. The molecule has 1 N–H and O–H groups in total. The summed E-state index contributed by atoms with van der Waals surface area (Å²) in [5.74, 6) is 0.895. The number of aliphatic hydroxyl groups excluding tert-OH is 1. The van der Waals surface area contributed by atoms with Crippen LogP contribution in [-0.4, -0.2) is 39.8 Å². The van der Waals surface area contributed by atoms with Gasteiger partial charge in [0, 0.05) is 24.7 Å². The minimum Gasteiger partial charge on any atom is -0.390 e. The number of hydrogen-bond acceptors (Lipinski definition) is 5. The first-order valence-corrected chi connectivity index (χ1v) is 7.02. The number of aromatic nitrogens is 2. The molecule has 0 aliphatic carbocycles. The summed E-state index contributed by atoms with van der Waals surface area (Å²) in [6, 6.07) is 0. The first-order chi connectivity index (χ1) is 8.69. The van der Waals surface area contributed by atoms with Crippen LogP contribution in [0, 0.1) is 0 Å². The Labute approximate surface area is 110 Å². The van der Waals surface area contributed by atoms with Gasteiger partial charge in [0.25, 0.3) is 0 Å². The van der Waals surface area contributed by atoms with E-state index in [9.17, 15) is 5.11 Å². The lowest BCUT2D eigenvalue weighted by molar-refractivity contribution is -0.00554. The Hall–Kier alpha value is -1.11. The highest BCUT2D eigenvalue weighted by atomic mass is 32.1. The molecule has 0 unspecified atom stereocenters. The van der Waals surface area contributed by atoms with E-state index in [2.05, 4.69) is 23.7 Å². The third-order valence-corrected chi connectivity index (χ3v) is 3.97. The number of thiazole rings is 1. The van der Waals surface area contributed by atoms with Crippen LogP contribution in [0.4, 0.5) is 5.82 Å². The average molecular weight is 267 g/mol. The molecular weight excluding hydrogens is 250 g/mol. The second-order valence-corrected chi connectivity index (χ2v) is 5.63. The first-order valence-electron chi connectivity index (χ1n) is 6.14. The van der Waals surface area contributed by atoms with E-state index in [4.69, 9.17) is 4.74 Å². The zero-order chi connectivity index (χ0) is 12.7. The molecule has 0 amide bonds. The number of nitrogens with zero attached hydrogens (tertiary/aromatic N) is 3. The van der Waals surface area contributed by atoms with Crippen molar-refractivity contribution in [1.82, 2.24) is 9.38 Å². The topological polar surface area (TPSA) is 50.0 Å². The average Bonchev–Trinajstić information content (AvgIpc) is 2.86. The second kappa shape index (κ2) is 4.53. The third-order valence-electron chi connectivity index (χ3n) is 3.21. The van der Waals surface area contributed by atoms with E-state index in [1.54, 1.807) is 11.3 Å². The molecule has 3 rings (SSSR count). The lowest BCUT2D eigenvalue weighted by Gasteiger charge is -2.35. The van der Waals surface area contributed by atoms with Crippen molar-refractivity contribution in [1.29, 1.82) is 0 Å². The second-order valence-electron chi connectivity index (χ2n) is 4.76. The number of hydrogen-bond donors (Lipinski definition) is 1. The zero-order valence-electron chi connectivity index (χ0n) is 10.5. The van der Waals surface area contributed by atoms with Crippen molar-refractivity contribution in [3.8, 4) is 0 Å². The van der Waals surface area contributed by atoms with Crippen molar-refractivity contribution in [2.45, 2.75) is 32.7 Å². The summed E-state index contributed by atoms with van der Waals surface area (Å²) >= 11 is 1.59. The molecule has 18 heavy (non-hydrogen) atoms. The minimum atomic E-state index is 0.00729. The Morgan fingerprint density at radius 3 is 2.83 bits per heavy atom. The predicted molar refractivity (Wildman–Crippen MR) is 71.2 cm³/mol. The molecule has 6 heteroatoms. The molecule has 0 radical (unpaired) electrons. The van der Waals surface area contributed by atoms with E-state index >= 15 is 0 Å². The zero-order valence-corrected chi connectivity index (χ0v) is 11.4. The van der Waals surface area contributed by atoms with Gasteiger partial charge in [0.2, 0.25) is 0 Å². The van der Waals surface area contributed by atoms with Crippen LogP contribution in [0.2, 0.25) is 0 Å². The molecule has 2 atom stereocenters. The molecule has 1 saturated heterocycles. The van der Waals surface area contributed by atoms with E-state index in [1.807, 2.05) is 16.0 Å². The van der Waals surface area contributed by atoms with Gasteiger partial charge in [-0.05, 0) is 13.8 Å². The molecule has 3 heterocycles. The van der Waals surface area contributed by atoms with Crippen LogP contribution >= 0.6 is 11.3 Å². The number of aliphatic hydroxyl groups is 1. The predicted octanol–water partition coefficient (Wildman–Crippen LogP) is 1.50. The standard InChI is InChI=1S/C12H17N3O2S/c1-8-5-14(6-9(2)17-8)11-10(7-16)15-3-4-18-12(15)13-11/h3-4,8-9,16H,5-7H2,1-2H3/t8-,9+. The molecule has 98 valence electrons. The summed E-state index contributed by atoms with van der Waals surface area (Å²) in [6.07, 6.45) is 2.34. The molecule has 0 spiro atoms. The number of imidazole rings is 1. The summed E-state index contributed by atoms with van der Waals surface area (Å²) in [5, 5.41) is 11.6. The van der Waals surface area contributed by atoms with Crippen molar-refractivity contribution in [2.24, 2.45) is 0 Å². The van der Waals surface area contributed by atoms with Crippen LogP contribution in [0.1, 0.15) is 19.5 Å². The normalized spacial score (nSPS) is 24.9. The van der Waals surface area contributed by atoms with Crippen LogP contribution < -0.4 is 4.90 Å². The summed E-state index contributed by atoms with van der Waals surface area (Å²) in [7, 11) is 0. The number of rotatable bonds is 2. The first kappa shape index (κ1) is 12.0. The Morgan fingerprint density at radius 1 is 1.44 bits per heavy atom. The SMILES string of the molecule is C[C@@H]1CN(c2nc3sccn3c2CO)C[C@H](C)O1. The summed E-state index contributed by atoms with van der Waals surface area (Å²) in [4.78, 5) is 7.77. The molecule has 5 nitrogen and oxygen atoms in total. The molecule has 2 aromatic rings. The van der Waals surface area contributed by atoms with E-state index in [0.717, 1.165) is 29.6 Å². The molecule has 0 aromatic carbocycles. The van der Waals surface area contributed by atoms with Crippen LogP contribution in [0.5, 0.6) is 0 Å². The molecule has 1 aliphatic rings. The van der Waals surface area contributed by atoms with Gasteiger partial charge in [-0.15, -0.1) is 11.3 Å². The number of anilines is 1. The Kier molecular flexibility index (Phi) is 3.01. The Bertz CT molecular complexity index is 541. The van der Waals surface area contributed by atoms with Gasteiger partial charge in [0.15, 0.2) is 10.8 Å². The highest BCUT2D eigenvalue weighted by Crippen LogP contribution is 2.27. The van der Waals surface area contributed by atoms with Crippen LogP contribution in [0.15, 0.2) is 11.6 Å². The number of morpholine rings is 1. The number of ether oxygens (including phenoxy) is 1. The maximum absolute atomic E-state index is 9.57.